The van der Waals surface area contributed by atoms with Crippen LogP contribution in [0.2, 0.25) is 0 Å². The molecule has 4 saturated carbocycles. The number of hydrogen-bond donors (Lipinski definition) is 2. The highest BCUT2D eigenvalue weighted by Crippen LogP contribution is 2.60. The molecule has 0 spiro atoms. The first-order chi connectivity index (χ1) is 10.2. The minimum Gasteiger partial charge on any atom is -0.395 e. The number of nitrogens with one attached hydrogen (secondary N) is 1. The maximum absolute atomic E-state index is 9.46. The summed E-state index contributed by atoms with van der Waals surface area (Å²) in [6, 6.07) is 0.672. The van der Waals surface area contributed by atoms with E-state index in [1.54, 1.807) is 0 Å². The van der Waals surface area contributed by atoms with Gasteiger partial charge in [0, 0.05) is 25.7 Å². The Morgan fingerprint density at radius 3 is 2.24 bits per heavy atom. The molecule has 0 aromatic rings. The van der Waals surface area contributed by atoms with Crippen molar-refractivity contribution in [2.75, 3.05) is 32.8 Å². The molecule has 120 valence electrons. The summed E-state index contributed by atoms with van der Waals surface area (Å²) < 4.78 is 0. The van der Waals surface area contributed by atoms with Crippen LogP contribution in [0.1, 0.15) is 51.4 Å². The Bertz CT molecular complexity index is 329. The molecule has 21 heavy (non-hydrogen) atoms. The molecule has 5 aliphatic rings. The van der Waals surface area contributed by atoms with Gasteiger partial charge >= 0.3 is 0 Å². The van der Waals surface area contributed by atoms with E-state index in [4.69, 9.17) is 0 Å². The van der Waals surface area contributed by atoms with Crippen molar-refractivity contribution in [3.8, 4) is 0 Å². The lowest BCUT2D eigenvalue weighted by Gasteiger charge is -2.58. The molecule has 1 aliphatic heterocycles. The van der Waals surface area contributed by atoms with E-state index in [2.05, 4.69) is 10.2 Å². The summed E-state index contributed by atoms with van der Waals surface area (Å²) in [5.41, 5.74) is 0.614. The summed E-state index contributed by atoms with van der Waals surface area (Å²) >= 11 is 0. The molecule has 5 fully saturated rings. The van der Waals surface area contributed by atoms with Crippen LogP contribution in [-0.4, -0.2) is 48.8 Å². The summed E-state index contributed by atoms with van der Waals surface area (Å²) in [7, 11) is 0. The molecule has 5 rings (SSSR count). The van der Waals surface area contributed by atoms with Crippen LogP contribution in [-0.2, 0) is 0 Å². The molecule has 4 aliphatic carbocycles. The van der Waals surface area contributed by atoms with Gasteiger partial charge in [-0.2, -0.15) is 0 Å². The number of aliphatic hydroxyl groups excluding tert-OH is 1. The van der Waals surface area contributed by atoms with Crippen LogP contribution in [0.3, 0.4) is 0 Å². The summed E-state index contributed by atoms with van der Waals surface area (Å²) in [6.45, 7) is 4.80. The van der Waals surface area contributed by atoms with E-state index in [1.165, 1.54) is 64.5 Å². The topological polar surface area (TPSA) is 35.5 Å². The SMILES string of the molecule is OCCN(CC1CCCN1)CC12CC3CC(CC(C3)C1)C2. The third-order valence-electron chi connectivity index (χ3n) is 6.78. The molecule has 1 atom stereocenters. The highest BCUT2D eigenvalue weighted by molar-refractivity contribution is 5.02. The molecular formula is C18H32N2O. The Morgan fingerprint density at radius 2 is 1.71 bits per heavy atom. The molecule has 2 N–H and O–H groups in total. The lowest BCUT2D eigenvalue weighted by molar-refractivity contribution is -0.0709. The lowest BCUT2D eigenvalue weighted by atomic mass is 9.49. The fourth-order valence-corrected chi connectivity index (χ4v) is 6.56. The minimum atomic E-state index is 0.319. The third-order valence-corrected chi connectivity index (χ3v) is 6.78. The van der Waals surface area contributed by atoms with E-state index in [0.717, 1.165) is 30.8 Å². The standard InChI is InChI=1S/C18H32N2O/c21-5-4-20(12-17-2-1-3-19-17)13-18-9-14-6-15(10-18)8-16(7-14)11-18/h14-17,19,21H,1-13H2. The van der Waals surface area contributed by atoms with Gasteiger partial charge in [0.1, 0.15) is 0 Å². The Morgan fingerprint density at radius 1 is 1.05 bits per heavy atom. The second-order valence-electron chi connectivity index (χ2n) is 8.67. The predicted octanol–water partition coefficient (Wildman–Crippen LogP) is 2.25. The van der Waals surface area contributed by atoms with Crippen molar-refractivity contribution >= 4 is 0 Å². The van der Waals surface area contributed by atoms with Gasteiger partial charge in [0.05, 0.1) is 6.61 Å². The van der Waals surface area contributed by atoms with Crippen LogP contribution in [0.5, 0.6) is 0 Å². The quantitative estimate of drug-likeness (QED) is 0.788. The Kier molecular flexibility index (Phi) is 4.01. The zero-order chi connectivity index (χ0) is 14.3. The zero-order valence-corrected chi connectivity index (χ0v) is 13.4. The summed E-state index contributed by atoms with van der Waals surface area (Å²) in [6.07, 6.45) is 11.7. The van der Waals surface area contributed by atoms with Crippen molar-refractivity contribution in [1.82, 2.24) is 10.2 Å². The molecule has 0 radical (unpaired) electrons. The average Bonchev–Trinajstić information content (AvgIpc) is 2.89. The molecule has 3 nitrogen and oxygen atoms in total. The highest BCUT2D eigenvalue weighted by atomic mass is 16.3. The van der Waals surface area contributed by atoms with Crippen molar-refractivity contribution in [3.05, 3.63) is 0 Å². The van der Waals surface area contributed by atoms with Gasteiger partial charge in [0.2, 0.25) is 0 Å². The largest absolute Gasteiger partial charge is 0.395 e. The maximum atomic E-state index is 9.46. The highest BCUT2D eigenvalue weighted by Gasteiger charge is 2.51. The van der Waals surface area contributed by atoms with Crippen LogP contribution in [0.4, 0.5) is 0 Å². The van der Waals surface area contributed by atoms with Gasteiger partial charge in [-0.3, -0.25) is 4.90 Å². The van der Waals surface area contributed by atoms with E-state index in [1.807, 2.05) is 0 Å². The van der Waals surface area contributed by atoms with Crippen molar-refractivity contribution < 1.29 is 5.11 Å². The molecule has 0 aromatic carbocycles. The van der Waals surface area contributed by atoms with E-state index in [0.29, 0.717) is 18.1 Å². The van der Waals surface area contributed by atoms with Gasteiger partial charge in [-0.05, 0) is 81.1 Å². The van der Waals surface area contributed by atoms with Crippen LogP contribution >= 0.6 is 0 Å². The fourth-order valence-electron chi connectivity index (χ4n) is 6.56. The van der Waals surface area contributed by atoms with Gasteiger partial charge in [-0.1, -0.05) is 0 Å². The first kappa shape index (κ1) is 14.5. The van der Waals surface area contributed by atoms with Gasteiger partial charge in [-0.15, -0.1) is 0 Å². The number of nitrogens with zero attached hydrogens (tertiary/aromatic N) is 1. The molecule has 1 saturated heterocycles. The molecule has 3 heteroatoms. The Hall–Kier alpha value is -0.120. The Balaban J connectivity index is 1.42. The maximum Gasteiger partial charge on any atom is 0.0558 e. The lowest BCUT2D eigenvalue weighted by Crippen LogP contribution is -2.53. The molecule has 1 heterocycles. The average molecular weight is 292 g/mol. The molecular weight excluding hydrogens is 260 g/mol. The minimum absolute atomic E-state index is 0.319. The van der Waals surface area contributed by atoms with Crippen molar-refractivity contribution in [2.24, 2.45) is 23.2 Å². The van der Waals surface area contributed by atoms with E-state index in [9.17, 15) is 5.11 Å². The van der Waals surface area contributed by atoms with Crippen LogP contribution in [0, 0.1) is 23.2 Å². The number of aliphatic hydroxyl groups is 1. The molecule has 4 bridgehead atoms. The van der Waals surface area contributed by atoms with Crippen LogP contribution in [0.25, 0.3) is 0 Å². The second kappa shape index (κ2) is 5.82. The van der Waals surface area contributed by atoms with E-state index >= 15 is 0 Å². The number of rotatable bonds is 6. The third kappa shape index (κ3) is 3.02. The van der Waals surface area contributed by atoms with Crippen molar-refractivity contribution in [1.29, 1.82) is 0 Å². The van der Waals surface area contributed by atoms with E-state index < -0.39 is 0 Å². The first-order valence-corrected chi connectivity index (χ1v) is 9.31. The van der Waals surface area contributed by atoms with Gasteiger partial charge < -0.3 is 10.4 Å². The summed E-state index contributed by atoms with van der Waals surface area (Å²) in [5.74, 6) is 3.12. The Labute approximate surface area is 129 Å². The summed E-state index contributed by atoms with van der Waals surface area (Å²) in [4.78, 5) is 2.59. The van der Waals surface area contributed by atoms with Crippen molar-refractivity contribution in [3.63, 3.8) is 0 Å². The van der Waals surface area contributed by atoms with Crippen LogP contribution < -0.4 is 5.32 Å². The normalized spacial score (nSPS) is 44.9. The first-order valence-electron chi connectivity index (χ1n) is 9.31. The predicted molar refractivity (Wildman–Crippen MR) is 85.2 cm³/mol. The van der Waals surface area contributed by atoms with Gasteiger partial charge in [-0.25, -0.2) is 0 Å². The second-order valence-corrected chi connectivity index (χ2v) is 8.67. The smallest absolute Gasteiger partial charge is 0.0558 e. The fraction of sp³-hybridized carbons (Fsp3) is 1.00. The monoisotopic (exact) mass is 292 g/mol. The van der Waals surface area contributed by atoms with Crippen LogP contribution in [0.15, 0.2) is 0 Å². The zero-order valence-electron chi connectivity index (χ0n) is 13.4. The van der Waals surface area contributed by atoms with E-state index in [-0.39, 0.29) is 0 Å². The summed E-state index contributed by atoms with van der Waals surface area (Å²) in [5, 5.41) is 13.1. The van der Waals surface area contributed by atoms with Crippen molar-refractivity contribution in [2.45, 2.75) is 57.4 Å². The molecule has 1 unspecified atom stereocenters. The molecule has 0 aromatic heterocycles. The molecule has 0 amide bonds. The van der Waals surface area contributed by atoms with Gasteiger partial charge in [0.15, 0.2) is 0 Å². The van der Waals surface area contributed by atoms with Gasteiger partial charge in [0.25, 0.3) is 0 Å². The number of hydrogen-bond acceptors (Lipinski definition) is 3.